The zero-order chi connectivity index (χ0) is 22.6. The van der Waals surface area contributed by atoms with Crippen LogP contribution in [0.1, 0.15) is 30.7 Å². The quantitative estimate of drug-likeness (QED) is 0.605. The lowest BCUT2D eigenvalue weighted by atomic mass is 10.2. The first kappa shape index (κ1) is 23.7. The van der Waals surface area contributed by atoms with Gasteiger partial charge in [-0.15, -0.1) is 11.3 Å². The molecule has 0 saturated carbocycles. The number of carbonyl (C=O) groups is 2. The van der Waals surface area contributed by atoms with Crippen LogP contribution in [-0.4, -0.2) is 67.6 Å². The molecule has 2 heterocycles. The van der Waals surface area contributed by atoms with Gasteiger partial charge in [-0.2, -0.15) is 4.31 Å². The molecular formula is C21H26ClN3O4S2. The van der Waals surface area contributed by atoms with Crippen molar-refractivity contribution in [1.82, 2.24) is 14.1 Å². The summed E-state index contributed by atoms with van der Waals surface area (Å²) in [6, 6.07) is 9.95. The minimum atomic E-state index is -3.62. The second-order valence-electron chi connectivity index (χ2n) is 7.43. The number of rotatable bonds is 7. The van der Waals surface area contributed by atoms with Crippen molar-refractivity contribution in [2.75, 3.05) is 33.2 Å². The molecule has 1 atom stereocenters. The second-order valence-corrected chi connectivity index (χ2v) is 10.8. The van der Waals surface area contributed by atoms with Crippen LogP contribution in [-0.2, 0) is 19.6 Å². The van der Waals surface area contributed by atoms with E-state index in [1.807, 2.05) is 24.4 Å². The number of hydrogen-bond acceptors (Lipinski definition) is 5. The first-order chi connectivity index (χ1) is 14.7. The molecule has 1 aromatic carbocycles. The lowest BCUT2D eigenvalue weighted by Gasteiger charge is -2.34. The fourth-order valence-corrected chi connectivity index (χ4v) is 5.79. The van der Waals surface area contributed by atoms with Crippen molar-refractivity contribution in [3.05, 3.63) is 51.7 Å². The third-order valence-corrected chi connectivity index (χ3v) is 8.73. The number of carbonyl (C=O) groups excluding carboxylic acids is 2. The summed E-state index contributed by atoms with van der Waals surface area (Å²) in [7, 11) is -1.87. The fraction of sp³-hybridized carbons (Fsp3) is 0.429. The van der Waals surface area contributed by atoms with Crippen molar-refractivity contribution in [3.63, 3.8) is 0 Å². The summed E-state index contributed by atoms with van der Waals surface area (Å²) < 4.78 is 26.9. The number of sulfonamides is 1. The Labute approximate surface area is 192 Å². The Morgan fingerprint density at radius 3 is 2.32 bits per heavy atom. The Balaban J connectivity index is 1.49. The van der Waals surface area contributed by atoms with Crippen LogP contribution >= 0.6 is 22.9 Å². The highest BCUT2D eigenvalue weighted by Crippen LogP contribution is 2.24. The Bertz CT molecular complexity index is 1000. The minimum absolute atomic E-state index is 0.0378. The molecule has 1 aromatic heterocycles. The predicted octanol–water partition coefficient (Wildman–Crippen LogP) is 3.23. The van der Waals surface area contributed by atoms with Gasteiger partial charge in [0.25, 0.3) is 0 Å². The monoisotopic (exact) mass is 483 g/mol. The highest BCUT2D eigenvalue weighted by atomic mass is 35.5. The van der Waals surface area contributed by atoms with E-state index in [0.29, 0.717) is 18.1 Å². The molecule has 0 radical (unpaired) electrons. The summed E-state index contributed by atoms with van der Waals surface area (Å²) in [6.45, 7) is 3.02. The van der Waals surface area contributed by atoms with Gasteiger partial charge in [-0.1, -0.05) is 17.7 Å². The molecule has 1 fully saturated rings. The minimum Gasteiger partial charge on any atom is -0.340 e. The van der Waals surface area contributed by atoms with Gasteiger partial charge in [0.15, 0.2) is 0 Å². The van der Waals surface area contributed by atoms with E-state index in [9.17, 15) is 18.0 Å². The molecule has 2 aromatic rings. The SMILES string of the molecule is CC(c1cccs1)N(C)C(=O)CCC(=O)N1CCN(S(=O)(=O)c2ccc(Cl)cc2)CC1. The maximum Gasteiger partial charge on any atom is 0.243 e. The predicted molar refractivity (Wildman–Crippen MR) is 122 cm³/mol. The number of piperazine rings is 1. The number of hydrogen-bond donors (Lipinski definition) is 0. The highest BCUT2D eigenvalue weighted by molar-refractivity contribution is 7.89. The third-order valence-electron chi connectivity index (χ3n) is 5.52. The van der Waals surface area contributed by atoms with Crippen LogP contribution in [0.15, 0.2) is 46.7 Å². The van der Waals surface area contributed by atoms with Crippen LogP contribution in [0.2, 0.25) is 5.02 Å². The standard InChI is InChI=1S/C21H26ClN3O4S2/c1-16(19-4-3-15-30-19)23(2)20(26)9-10-21(27)24-11-13-25(14-12-24)31(28,29)18-7-5-17(22)6-8-18/h3-8,15-16H,9-14H2,1-2H3. The van der Waals surface area contributed by atoms with Crippen LogP contribution in [0, 0.1) is 0 Å². The van der Waals surface area contributed by atoms with E-state index in [0.717, 1.165) is 4.88 Å². The summed E-state index contributed by atoms with van der Waals surface area (Å²) in [5, 5.41) is 2.44. The first-order valence-electron chi connectivity index (χ1n) is 10.0. The Morgan fingerprint density at radius 1 is 1.10 bits per heavy atom. The lowest BCUT2D eigenvalue weighted by Crippen LogP contribution is -2.50. The van der Waals surface area contributed by atoms with Crippen LogP contribution in [0.5, 0.6) is 0 Å². The van der Waals surface area contributed by atoms with Gasteiger partial charge in [-0.05, 0) is 42.6 Å². The van der Waals surface area contributed by atoms with Crippen molar-refractivity contribution in [2.45, 2.75) is 30.7 Å². The Kier molecular flexibility index (Phi) is 7.74. The normalized spacial score (nSPS) is 16.2. The molecule has 1 unspecified atom stereocenters. The summed E-state index contributed by atoms with van der Waals surface area (Å²) >= 11 is 7.43. The molecule has 0 N–H and O–H groups in total. The molecule has 3 rings (SSSR count). The van der Waals surface area contributed by atoms with E-state index in [1.165, 1.54) is 16.4 Å². The average Bonchev–Trinajstić information content (AvgIpc) is 3.31. The third kappa shape index (κ3) is 5.65. The molecule has 31 heavy (non-hydrogen) atoms. The van der Waals surface area contributed by atoms with Gasteiger partial charge in [-0.25, -0.2) is 8.42 Å². The van der Waals surface area contributed by atoms with Crippen LogP contribution in [0.25, 0.3) is 0 Å². The molecule has 2 amide bonds. The molecule has 7 nitrogen and oxygen atoms in total. The van der Waals surface area contributed by atoms with Crippen molar-refractivity contribution in [3.8, 4) is 0 Å². The van der Waals surface area contributed by atoms with Gasteiger partial charge < -0.3 is 9.80 Å². The van der Waals surface area contributed by atoms with E-state index in [-0.39, 0.29) is 48.7 Å². The number of thiophene rings is 1. The summed E-state index contributed by atoms with van der Waals surface area (Å²) in [4.78, 5) is 29.6. The van der Waals surface area contributed by atoms with Crippen LogP contribution in [0.3, 0.4) is 0 Å². The molecule has 10 heteroatoms. The Hall–Kier alpha value is -1.94. The van der Waals surface area contributed by atoms with Gasteiger partial charge >= 0.3 is 0 Å². The zero-order valence-electron chi connectivity index (χ0n) is 17.5. The van der Waals surface area contributed by atoms with Crippen molar-refractivity contribution in [2.24, 2.45) is 0 Å². The first-order valence-corrected chi connectivity index (χ1v) is 12.7. The number of halogens is 1. The van der Waals surface area contributed by atoms with Crippen molar-refractivity contribution >= 4 is 44.8 Å². The molecule has 1 aliphatic rings. The molecule has 0 aliphatic carbocycles. The van der Waals surface area contributed by atoms with Crippen molar-refractivity contribution < 1.29 is 18.0 Å². The van der Waals surface area contributed by atoms with E-state index in [2.05, 4.69) is 0 Å². The van der Waals surface area contributed by atoms with E-state index in [1.54, 1.807) is 40.3 Å². The Morgan fingerprint density at radius 2 is 1.74 bits per heavy atom. The largest absolute Gasteiger partial charge is 0.340 e. The molecule has 1 aliphatic heterocycles. The van der Waals surface area contributed by atoms with Crippen LogP contribution < -0.4 is 0 Å². The van der Waals surface area contributed by atoms with Gasteiger partial charge in [-0.3, -0.25) is 9.59 Å². The van der Waals surface area contributed by atoms with E-state index < -0.39 is 10.0 Å². The number of nitrogens with zero attached hydrogens (tertiary/aromatic N) is 3. The highest BCUT2D eigenvalue weighted by Gasteiger charge is 2.30. The molecule has 1 saturated heterocycles. The maximum atomic E-state index is 12.8. The summed E-state index contributed by atoms with van der Waals surface area (Å²) in [6.07, 6.45) is 0.249. The summed E-state index contributed by atoms with van der Waals surface area (Å²) in [5.74, 6) is -0.215. The topological polar surface area (TPSA) is 78.0 Å². The maximum absolute atomic E-state index is 12.8. The summed E-state index contributed by atoms with van der Waals surface area (Å²) in [5.41, 5.74) is 0. The molecule has 0 bridgehead atoms. The fourth-order valence-electron chi connectivity index (χ4n) is 3.42. The molecular weight excluding hydrogens is 458 g/mol. The van der Waals surface area contributed by atoms with Gasteiger partial charge in [0.2, 0.25) is 21.8 Å². The van der Waals surface area contributed by atoms with Gasteiger partial charge in [0, 0.05) is 56.0 Å². The zero-order valence-corrected chi connectivity index (χ0v) is 19.9. The molecule has 168 valence electrons. The van der Waals surface area contributed by atoms with Gasteiger partial charge in [0.1, 0.15) is 0 Å². The smallest absolute Gasteiger partial charge is 0.243 e. The van der Waals surface area contributed by atoms with Gasteiger partial charge in [0.05, 0.1) is 10.9 Å². The van der Waals surface area contributed by atoms with E-state index >= 15 is 0 Å². The average molecular weight is 484 g/mol. The van der Waals surface area contributed by atoms with E-state index in [4.69, 9.17) is 11.6 Å². The number of amides is 2. The van der Waals surface area contributed by atoms with Crippen molar-refractivity contribution in [1.29, 1.82) is 0 Å². The number of benzene rings is 1. The lowest BCUT2D eigenvalue weighted by molar-refractivity contribution is -0.138. The molecule has 0 spiro atoms. The second kappa shape index (κ2) is 10.1. The van der Waals surface area contributed by atoms with Crippen LogP contribution in [0.4, 0.5) is 0 Å².